The summed E-state index contributed by atoms with van der Waals surface area (Å²) in [6, 6.07) is 9.69. The maximum absolute atomic E-state index is 12.6. The third-order valence-electron chi connectivity index (χ3n) is 4.88. The molecule has 2 fully saturated rings. The van der Waals surface area contributed by atoms with E-state index in [9.17, 15) is 9.59 Å². The van der Waals surface area contributed by atoms with Gasteiger partial charge in [-0.1, -0.05) is 18.2 Å². The lowest BCUT2D eigenvalue weighted by atomic mass is 9.88. The molecule has 3 rings (SSSR count). The first-order valence-corrected chi connectivity index (χ1v) is 9.21. The fourth-order valence-electron chi connectivity index (χ4n) is 3.57. The van der Waals surface area contributed by atoms with Gasteiger partial charge in [-0.25, -0.2) is 4.79 Å². The smallest absolute Gasteiger partial charge is 0.410 e. The molecule has 2 aliphatic heterocycles. The second-order valence-corrected chi connectivity index (χ2v) is 8.17. The van der Waals surface area contributed by atoms with Crippen LogP contribution in [0.5, 0.6) is 0 Å². The van der Waals surface area contributed by atoms with Crippen molar-refractivity contribution in [2.24, 2.45) is 0 Å². The number of anilines is 1. The molecule has 2 amide bonds. The number of hydrogen-bond donors (Lipinski definition) is 0. The van der Waals surface area contributed by atoms with E-state index in [1.165, 1.54) is 0 Å². The summed E-state index contributed by atoms with van der Waals surface area (Å²) < 4.78 is 11.6. The number of hydrogen-bond acceptors (Lipinski definition) is 4. The van der Waals surface area contributed by atoms with Crippen LogP contribution in [0.15, 0.2) is 30.3 Å². The van der Waals surface area contributed by atoms with E-state index < -0.39 is 17.3 Å². The van der Waals surface area contributed by atoms with Gasteiger partial charge in [-0.15, -0.1) is 0 Å². The Hall–Kier alpha value is -2.08. The maximum atomic E-state index is 12.6. The second-order valence-electron chi connectivity index (χ2n) is 8.17. The van der Waals surface area contributed by atoms with Gasteiger partial charge in [0.2, 0.25) is 0 Å². The van der Waals surface area contributed by atoms with E-state index in [-0.39, 0.29) is 12.0 Å². The number of rotatable bonds is 1. The summed E-state index contributed by atoms with van der Waals surface area (Å²) in [4.78, 5) is 28.4. The molecule has 6 heteroatoms. The third kappa shape index (κ3) is 4.01. The molecule has 0 N–H and O–H groups in total. The van der Waals surface area contributed by atoms with Crippen LogP contribution in [-0.4, -0.2) is 53.8 Å². The molecule has 1 atom stereocenters. The van der Waals surface area contributed by atoms with E-state index in [4.69, 9.17) is 9.47 Å². The SMILES string of the molecule is CC1OC2(CCN(C(=O)OC(C)(C)C)CC2)CN(c2ccccc2)C1=O. The van der Waals surface area contributed by atoms with E-state index >= 15 is 0 Å². The third-order valence-corrected chi connectivity index (χ3v) is 4.88. The second kappa shape index (κ2) is 6.91. The number of carbonyl (C=O) groups is 2. The summed E-state index contributed by atoms with van der Waals surface area (Å²) in [6.45, 7) is 9.06. The predicted molar refractivity (Wildman–Crippen MR) is 99.1 cm³/mol. The monoisotopic (exact) mass is 360 g/mol. The topological polar surface area (TPSA) is 59.1 Å². The molecular weight excluding hydrogens is 332 g/mol. The van der Waals surface area contributed by atoms with Crippen LogP contribution in [0.4, 0.5) is 10.5 Å². The van der Waals surface area contributed by atoms with E-state index in [0.29, 0.717) is 32.5 Å². The van der Waals surface area contributed by atoms with Crippen LogP contribution < -0.4 is 4.90 Å². The Bertz CT molecular complexity index is 660. The van der Waals surface area contributed by atoms with Crippen molar-refractivity contribution in [3.8, 4) is 0 Å². The lowest BCUT2D eigenvalue weighted by molar-refractivity contribution is -0.161. The number of ether oxygens (including phenoxy) is 2. The van der Waals surface area contributed by atoms with E-state index in [1.54, 1.807) is 11.8 Å². The van der Waals surface area contributed by atoms with Crippen LogP contribution >= 0.6 is 0 Å². The van der Waals surface area contributed by atoms with E-state index in [1.807, 2.05) is 56.0 Å². The van der Waals surface area contributed by atoms with Crippen LogP contribution in [0.3, 0.4) is 0 Å². The fourth-order valence-corrected chi connectivity index (χ4v) is 3.57. The first-order chi connectivity index (χ1) is 12.2. The number of para-hydroxylation sites is 1. The van der Waals surface area contributed by atoms with E-state index in [0.717, 1.165) is 5.69 Å². The summed E-state index contributed by atoms with van der Waals surface area (Å²) in [7, 11) is 0. The highest BCUT2D eigenvalue weighted by Gasteiger charge is 2.46. The molecule has 1 aromatic carbocycles. The number of benzene rings is 1. The number of morpholine rings is 1. The van der Waals surface area contributed by atoms with Gasteiger partial charge < -0.3 is 19.3 Å². The largest absolute Gasteiger partial charge is 0.444 e. The van der Waals surface area contributed by atoms with Gasteiger partial charge >= 0.3 is 6.09 Å². The lowest BCUT2D eigenvalue weighted by Gasteiger charge is -2.48. The van der Waals surface area contributed by atoms with Crippen LogP contribution in [0, 0.1) is 0 Å². The molecule has 0 bridgehead atoms. The Kier molecular flexibility index (Phi) is 4.97. The van der Waals surface area contributed by atoms with Crippen molar-refractivity contribution in [2.45, 2.75) is 57.8 Å². The molecule has 2 saturated heterocycles. The van der Waals surface area contributed by atoms with Crippen molar-refractivity contribution in [3.63, 3.8) is 0 Å². The normalized spacial score (nSPS) is 23.2. The first-order valence-electron chi connectivity index (χ1n) is 9.21. The number of likely N-dealkylation sites (tertiary alicyclic amines) is 1. The average Bonchev–Trinajstić information content (AvgIpc) is 2.58. The average molecular weight is 360 g/mol. The highest BCUT2D eigenvalue weighted by Crippen LogP contribution is 2.35. The van der Waals surface area contributed by atoms with Gasteiger partial charge in [0.25, 0.3) is 5.91 Å². The van der Waals surface area contributed by atoms with Crippen LogP contribution in [-0.2, 0) is 14.3 Å². The quantitative estimate of drug-likeness (QED) is 0.772. The van der Waals surface area contributed by atoms with Crippen molar-refractivity contribution >= 4 is 17.7 Å². The van der Waals surface area contributed by atoms with Gasteiger partial charge in [-0.3, -0.25) is 4.79 Å². The highest BCUT2D eigenvalue weighted by atomic mass is 16.6. The molecule has 0 radical (unpaired) electrons. The minimum Gasteiger partial charge on any atom is -0.444 e. The summed E-state index contributed by atoms with van der Waals surface area (Å²) in [5.41, 5.74) is -0.0260. The Morgan fingerprint density at radius 3 is 2.38 bits per heavy atom. The van der Waals surface area contributed by atoms with Crippen LogP contribution in [0.25, 0.3) is 0 Å². The zero-order chi connectivity index (χ0) is 18.9. The van der Waals surface area contributed by atoms with E-state index in [2.05, 4.69) is 0 Å². The number of amides is 2. The summed E-state index contributed by atoms with van der Waals surface area (Å²) >= 11 is 0. The highest BCUT2D eigenvalue weighted by molar-refractivity contribution is 5.97. The molecule has 6 nitrogen and oxygen atoms in total. The molecule has 1 aromatic rings. The summed E-state index contributed by atoms with van der Waals surface area (Å²) in [5.74, 6) is -0.0172. The molecule has 2 aliphatic rings. The van der Waals surface area contributed by atoms with Crippen LogP contribution in [0.2, 0.25) is 0 Å². The lowest BCUT2D eigenvalue weighted by Crippen LogP contribution is -2.62. The Morgan fingerprint density at radius 1 is 1.19 bits per heavy atom. The van der Waals surface area contributed by atoms with Gasteiger partial charge in [-0.2, -0.15) is 0 Å². The minimum atomic E-state index is -0.501. The van der Waals surface area contributed by atoms with Gasteiger partial charge in [0.1, 0.15) is 11.7 Å². The molecule has 142 valence electrons. The number of carbonyl (C=O) groups excluding carboxylic acids is 2. The fraction of sp³-hybridized carbons (Fsp3) is 0.600. The molecule has 1 spiro atoms. The molecule has 2 heterocycles. The Balaban J connectivity index is 1.69. The molecule has 0 aliphatic carbocycles. The van der Waals surface area contributed by atoms with Gasteiger partial charge in [0.05, 0.1) is 12.1 Å². The summed E-state index contributed by atoms with van der Waals surface area (Å²) in [5, 5.41) is 0. The number of piperidine rings is 1. The predicted octanol–water partition coefficient (Wildman–Crippen LogP) is 3.21. The first kappa shape index (κ1) is 18.7. The summed E-state index contributed by atoms with van der Waals surface area (Å²) in [6.07, 6.45) is 0.602. The van der Waals surface area contributed by atoms with Crippen LogP contribution in [0.1, 0.15) is 40.5 Å². The number of nitrogens with zero attached hydrogens (tertiary/aromatic N) is 2. The molecule has 0 aromatic heterocycles. The standard InChI is InChI=1S/C20H28N2O4/c1-15-17(23)22(16-8-6-5-7-9-16)14-20(25-15)10-12-21(13-11-20)18(24)26-19(2,3)4/h5-9,15H,10-14H2,1-4H3. The van der Waals surface area contributed by atoms with Crippen molar-refractivity contribution in [3.05, 3.63) is 30.3 Å². The molecule has 0 saturated carbocycles. The van der Waals surface area contributed by atoms with Gasteiger partial charge in [0.15, 0.2) is 0 Å². The van der Waals surface area contributed by atoms with Crippen molar-refractivity contribution in [1.29, 1.82) is 0 Å². The molecular formula is C20H28N2O4. The Labute approximate surface area is 155 Å². The molecule has 1 unspecified atom stereocenters. The van der Waals surface area contributed by atoms with Gasteiger partial charge in [0, 0.05) is 18.8 Å². The minimum absolute atomic E-state index is 0.0172. The van der Waals surface area contributed by atoms with Crippen molar-refractivity contribution < 1.29 is 19.1 Å². The zero-order valence-corrected chi connectivity index (χ0v) is 16.0. The molecule has 26 heavy (non-hydrogen) atoms. The zero-order valence-electron chi connectivity index (χ0n) is 16.0. The maximum Gasteiger partial charge on any atom is 0.410 e. The van der Waals surface area contributed by atoms with Gasteiger partial charge in [-0.05, 0) is 52.7 Å². The van der Waals surface area contributed by atoms with Crippen molar-refractivity contribution in [2.75, 3.05) is 24.5 Å². The van der Waals surface area contributed by atoms with Crippen molar-refractivity contribution in [1.82, 2.24) is 4.90 Å². The Morgan fingerprint density at radius 2 is 1.81 bits per heavy atom.